The highest BCUT2D eigenvalue weighted by Gasteiger charge is 2.26. The molecule has 1 saturated heterocycles. The Bertz CT molecular complexity index is 271. The second-order valence-corrected chi connectivity index (χ2v) is 5.51. The van der Waals surface area contributed by atoms with Gasteiger partial charge in [-0.05, 0) is 31.6 Å². The lowest BCUT2D eigenvalue weighted by molar-refractivity contribution is 0.0485. The molecule has 5 heteroatoms. The van der Waals surface area contributed by atoms with E-state index in [1.807, 2.05) is 0 Å². The van der Waals surface area contributed by atoms with Gasteiger partial charge >= 0.3 is 0 Å². The van der Waals surface area contributed by atoms with Crippen LogP contribution in [0.1, 0.15) is 38.5 Å². The van der Waals surface area contributed by atoms with Gasteiger partial charge in [0.1, 0.15) is 0 Å². The van der Waals surface area contributed by atoms with Gasteiger partial charge in [-0.1, -0.05) is 18.0 Å². The number of oxime groups is 1. The summed E-state index contributed by atoms with van der Waals surface area (Å²) < 4.78 is 5.40. The van der Waals surface area contributed by atoms with Crippen LogP contribution in [0.25, 0.3) is 0 Å². The summed E-state index contributed by atoms with van der Waals surface area (Å²) in [5.41, 5.74) is 5.68. The summed E-state index contributed by atoms with van der Waals surface area (Å²) in [4.78, 5) is 2.41. The molecule has 1 saturated carbocycles. The Morgan fingerprint density at radius 1 is 1.22 bits per heavy atom. The van der Waals surface area contributed by atoms with Crippen LogP contribution in [0, 0.1) is 5.92 Å². The minimum atomic E-state index is 0.328. The third kappa shape index (κ3) is 3.85. The molecule has 0 bridgehead atoms. The van der Waals surface area contributed by atoms with Crippen LogP contribution in [0.2, 0.25) is 0 Å². The maximum atomic E-state index is 8.75. The molecule has 2 aliphatic rings. The Kier molecular flexibility index (Phi) is 5.26. The number of ether oxygens (including phenoxy) is 1. The monoisotopic (exact) mass is 255 g/mol. The molecule has 0 aromatic heterocycles. The highest BCUT2D eigenvalue weighted by molar-refractivity contribution is 5.81. The molecule has 0 amide bonds. The van der Waals surface area contributed by atoms with Crippen LogP contribution in [0.3, 0.4) is 0 Å². The van der Waals surface area contributed by atoms with Gasteiger partial charge in [-0.3, -0.25) is 4.90 Å². The van der Waals surface area contributed by atoms with Crippen molar-refractivity contribution in [2.24, 2.45) is 16.8 Å². The molecular formula is C13H25N3O2. The van der Waals surface area contributed by atoms with Crippen LogP contribution >= 0.6 is 0 Å². The van der Waals surface area contributed by atoms with Gasteiger partial charge < -0.3 is 15.7 Å². The van der Waals surface area contributed by atoms with E-state index < -0.39 is 0 Å². The van der Waals surface area contributed by atoms with E-state index >= 15 is 0 Å². The van der Waals surface area contributed by atoms with Gasteiger partial charge in [0, 0.05) is 25.8 Å². The normalized spacial score (nSPS) is 23.9. The smallest absolute Gasteiger partial charge is 0.153 e. The zero-order chi connectivity index (χ0) is 12.8. The molecule has 0 aromatic rings. The van der Waals surface area contributed by atoms with E-state index in [-0.39, 0.29) is 0 Å². The molecule has 1 aliphatic carbocycles. The fourth-order valence-corrected chi connectivity index (χ4v) is 3.11. The average molecular weight is 255 g/mol. The van der Waals surface area contributed by atoms with Gasteiger partial charge in [0.05, 0.1) is 6.54 Å². The highest BCUT2D eigenvalue weighted by Crippen LogP contribution is 2.26. The van der Waals surface area contributed by atoms with Gasteiger partial charge in [0.25, 0.3) is 0 Å². The van der Waals surface area contributed by atoms with E-state index in [0.29, 0.717) is 24.3 Å². The lowest BCUT2D eigenvalue weighted by Crippen LogP contribution is -2.43. The van der Waals surface area contributed by atoms with Crippen molar-refractivity contribution < 1.29 is 9.94 Å². The van der Waals surface area contributed by atoms with E-state index in [4.69, 9.17) is 15.7 Å². The maximum Gasteiger partial charge on any atom is 0.153 e. The van der Waals surface area contributed by atoms with Crippen LogP contribution in [0.5, 0.6) is 0 Å². The predicted molar refractivity (Wildman–Crippen MR) is 70.8 cm³/mol. The molecule has 1 aliphatic heterocycles. The molecule has 1 heterocycles. The zero-order valence-electron chi connectivity index (χ0n) is 11.1. The number of nitrogens with zero attached hydrogens (tertiary/aromatic N) is 2. The van der Waals surface area contributed by atoms with Crippen molar-refractivity contribution in [3.05, 3.63) is 0 Å². The Balaban J connectivity index is 1.89. The molecule has 0 radical (unpaired) electrons. The molecule has 104 valence electrons. The minimum absolute atomic E-state index is 0.328. The van der Waals surface area contributed by atoms with Crippen molar-refractivity contribution in [2.45, 2.75) is 44.6 Å². The zero-order valence-corrected chi connectivity index (χ0v) is 11.1. The maximum absolute atomic E-state index is 8.75. The summed E-state index contributed by atoms with van der Waals surface area (Å²) in [6, 6.07) is 0.619. The van der Waals surface area contributed by atoms with Gasteiger partial charge in [-0.25, -0.2) is 0 Å². The van der Waals surface area contributed by atoms with Crippen LogP contribution in [-0.2, 0) is 4.74 Å². The largest absolute Gasteiger partial charge is 0.409 e. The van der Waals surface area contributed by atoms with Crippen molar-refractivity contribution >= 4 is 5.84 Å². The average Bonchev–Trinajstić information content (AvgIpc) is 2.93. The van der Waals surface area contributed by atoms with Crippen molar-refractivity contribution in [1.29, 1.82) is 0 Å². The van der Waals surface area contributed by atoms with Crippen LogP contribution in [0.4, 0.5) is 0 Å². The predicted octanol–water partition coefficient (Wildman–Crippen LogP) is 1.40. The molecule has 0 spiro atoms. The van der Waals surface area contributed by atoms with E-state index in [2.05, 4.69) is 10.1 Å². The number of hydrogen-bond acceptors (Lipinski definition) is 4. The molecule has 0 atom stereocenters. The molecule has 0 aromatic carbocycles. The molecular weight excluding hydrogens is 230 g/mol. The van der Waals surface area contributed by atoms with E-state index in [1.165, 1.54) is 25.7 Å². The molecule has 2 fully saturated rings. The molecule has 2 rings (SSSR count). The first-order valence-electron chi connectivity index (χ1n) is 7.08. The van der Waals surface area contributed by atoms with Crippen LogP contribution in [0.15, 0.2) is 5.16 Å². The van der Waals surface area contributed by atoms with Crippen molar-refractivity contribution in [2.75, 3.05) is 26.3 Å². The first-order chi connectivity index (χ1) is 8.79. The van der Waals surface area contributed by atoms with Crippen molar-refractivity contribution in [3.8, 4) is 0 Å². The van der Waals surface area contributed by atoms with E-state index in [0.717, 1.165) is 32.6 Å². The molecule has 18 heavy (non-hydrogen) atoms. The first kappa shape index (κ1) is 13.6. The topological polar surface area (TPSA) is 71.1 Å². The van der Waals surface area contributed by atoms with Gasteiger partial charge in [-0.15, -0.1) is 0 Å². The van der Waals surface area contributed by atoms with Crippen molar-refractivity contribution in [3.63, 3.8) is 0 Å². The Morgan fingerprint density at radius 3 is 2.50 bits per heavy atom. The number of amidine groups is 1. The summed E-state index contributed by atoms with van der Waals surface area (Å²) in [5.74, 6) is 1.03. The lowest BCUT2D eigenvalue weighted by Gasteiger charge is -2.33. The Labute approximate surface area is 109 Å². The van der Waals surface area contributed by atoms with Crippen molar-refractivity contribution in [1.82, 2.24) is 4.90 Å². The van der Waals surface area contributed by atoms with Crippen LogP contribution in [-0.4, -0.2) is 48.3 Å². The fraction of sp³-hybridized carbons (Fsp3) is 0.923. The third-order valence-corrected chi connectivity index (χ3v) is 4.17. The summed E-state index contributed by atoms with van der Waals surface area (Å²) in [6.45, 7) is 3.42. The Hall–Kier alpha value is -0.810. The summed E-state index contributed by atoms with van der Waals surface area (Å²) in [6.07, 6.45) is 7.40. The standard InChI is InChI=1S/C13H25N3O2/c14-13(15-17)10-16(12-3-1-2-4-12)9-11-5-7-18-8-6-11/h11-12,17H,1-10H2,(H2,14,15). The van der Waals surface area contributed by atoms with E-state index in [1.54, 1.807) is 0 Å². The second-order valence-electron chi connectivity index (χ2n) is 5.51. The Morgan fingerprint density at radius 2 is 1.89 bits per heavy atom. The van der Waals surface area contributed by atoms with E-state index in [9.17, 15) is 0 Å². The summed E-state index contributed by atoms with van der Waals surface area (Å²) in [7, 11) is 0. The van der Waals surface area contributed by atoms with Gasteiger partial charge in [-0.2, -0.15) is 0 Å². The SMILES string of the molecule is NC(CN(CC1CCOCC1)C1CCCC1)=NO. The fourth-order valence-electron chi connectivity index (χ4n) is 3.11. The van der Waals surface area contributed by atoms with Gasteiger partial charge in [0.2, 0.25) is 0 Å². The third-order valence-electron chi connectivity index (χ3n) is 4.17. The first-order valence-corrected chi connectivity index (χ1v) is 7.08. The quantitative estimate of drug-likeness (QED) is 0.337. The summed E-state index contributed by atoms with van der Waals surface area (Å²) in [5, 5.41) is 11.9. The number of nitrogens with two attached hydrogens (primary N) is 1. The molecule has 0 unspecified atom stereocenters. The highest BCUT2D eigenvalue weighted by atomic mass is 16.5. The molecule has 3 N–H and O–H groups in total. The van der Waals surface area contributed by atoms with Gasteiger partial charge in [0.15, 0.2) is 5.84 Å². The summed E-state index contributed by atoms with van der Waals surface area (Å²) >= 11 is 0. The number of hydrogen-bond donors (Lipinski definition) is 2. The lowest BCUT2D eigenvalue weighted by atomic mass is 9.98. The van der Waals surface area contributed by atoms with Crippen LogP contribution < -0.4 is 5.73 Å². The second kappa shape index (κ2) is 6.95. The number of rotatable bonds is 5. The molecule has 5 nitrogen and oxygen atoms in total. The minimum Gasteiger partial charge on any atom is -0.409 e.